The van der Waals surface area contributed by atoms with Gasteiger partial charge in [0.1, 0.15) is 11.6 Å². The van der Waals surface area contributed by atoms with Crippen LogP contribution in [0.1, 0.15) is 16.7 Å². The Morgan fingerprint density at radius 2 is 1.52 bits per heavy atom. The molecule has 0 atom stereocenters. The number of urea groups is 1. The Morgan fingerprint density at radius 1 is 0.931 bits per heavy atom. The zero-order valence-electron chi connectivity index (χ0n) is 15.8. The van der Waals surface area contributed by atoms with E-state index in [1.54, 1.807) is 24.3 Å². The van der Waals surface area contributed by atoms with E-state index in [4.69, 9.17) is 4.74 Å². The van der Waals surface area contributed by atoms with Crippen LogP contribution in [-0.2, 0) is 16.9 Å². The highest BCUT2D eigenvalue weighted by atomic mass is 19.1. The quantitative estimate of drug-likeness (QED) is 0.674. The number of carbonyl (C=O) groups excluding carboxylic acids is 2. The summed E-state index contributed by atoms with van der Waals surface area (Å²) >= 11 is 0. The van der Waals surface area contributed by atoms with Crippen molar-refractivity contribution in [3.05, 3.63) is 101 Å². The third kappa shape index (κ3) is 3.12. The summed E-state index contributed by atoms with van der Waals surface area (Å²) < 4.78 is 19.0. The topological polar surface area (TPSA) is 58.6 Å². The van der Waals surface area contributed by atoms with Crippen molar-refractivity contribution in [2.75, 3.05) is 7.11 Å². The standard InChI is InChI=1S/C23H19FN2O3/c1-29-20-13-12-19(24)14-16(20)15-26-21(27)23(25-22(26)28,17-8-4-2-5-9-17)18-10-6-3-7-11-18/h2-14H,15H2,1H3,(H,25,28). The van der Waals surface area contributed by atoms with Crippen molar-refractivity contribution in [1.29, 1.82) is 0 Å². The van der Waals surface area contributed by atoms with Gasteiger partial charge in [-0.2, -0.15) is 0 Å². The molecule has 4 rings (SSSR count). The number of rotatable bonds is 5. The number of hydrogen-bond donors (Lipinski definition) is 1. The maximum atomic E-state index is 13.8. The predicted molar refractivity (Wildman–Crippen MR) is 106 cm³/mol. The summed E-state index contributed by atoms with van der Waals surface area (Å²) in [5.41, 5.74) is 0.365. The summed E-state index contributed by atoms with van der Waals surface area (Å²) in [6, 6.07) is 21.6. The first-order valence-electron chi connectivity index (χ1n) is 9.14. The highest BCUT2D eigenvalue weighted by Gasteiger charge is 2.53. The molecular weight excluding hydrogens is 371 g/mol. The van der Waals surface area contributed by atoms with Gasteiger partial charge in [0.25, 0.3) is 5.91 Å². The fourth-order valence-electron chi connectivity index (χ4n) is 3.69. The van der Waals surface area contributed by atoms with E-state index < -0.39 is 23.3 Å². The molecular formula is C23H19FN2O3. The Morgan fingerprint density at radius 3 is 2.07 bits per heavy atom. The molecule has 0 radical (unpaired) electrons. The molecule has 5 nitrogen and oxygen atoms in total. The van der Waals surface area contributed by atoms with Gasteiger partial charge in [0, 0.05) is 5.56 Å². The van der Waals surface area contributed by atoms with Gasteiger partial charge in [-0.25, -0.2) is 9.18 Å². The van der Waals surface area contributed by atoms with Crippen LogP contribution in [0.2, 0.25) is 0 Å². The molecule has 0 aromatic heterocycles. The van der Waals surface area contributed by atoms with Gasteiger partial charge in [-0.1, -0.05) is 60.7 Å². The van der Waals surface area contributed by atoms with Crippen molar-refractivity contribution in [2.45, 2.75) is 12.1 Å². The molecule has 1 aliphatic heterocycles. The number of halogens is 1. The molecule has 1 fully saturated rings. The lowest BCUT2D eigenvalue weighted by atomic mass is 9.82. The fraction of sp³-hybridized carbons (Fsp3) is 0.130. The van der Waals surface area contributed by atoms with E-state index >= 15 is 0 Å². The maximum Gasteiger partial charge on any atom is 0.325 e. The smallest absolute Gasteiger partial charge is 0.325 e. The molecule has 1 N–H and O–H groups in total. The monoisotopic (exact) mass is 390 g/mol. The Hall–Kier alpha value is -3.67. The second kappa shape index (κ2) is 7.39. The minimum absolute atomic E-state index is 0.104. The summed E-state index contributed by atoms with van der Waals surface area (Å²) in [6.07, 6.45) is 0. The van der Waals surface area contributed by atoms with Crippen molar-refractivity contribution in [1.82, 2.24) is 10.2 Å². The van der Waals surface area contributed by atoms with Crippen molar-refractivity contribution in [2.24, 2.45) is 0 Å². The lowest BCUT2D eigenvalue weighted by molar-refractivity contribution is -0.130. The van der Waals surface area contributed by atoms with Crippen molar-refractivity contribution in [3.8, 4) is 5.75 Å². The van der Waals surface area contributed by atoms with Gasteiger partial charge in [-0.15, -0.1) is 0 Å². The van der Waals surface area contributed by atoms with Crippen LogP contribution in [0.5, 0.6) is 5.75 Å². The SMILES string of the molecule is COc1ccc(F)cc1CN1C(=O)NC(c2ccccc2)(c2ccccc2)C1=O. The van der Waals surface area contributed by atoms with Gasteiger partial charge in [-0.05, 0) is 29.3 Å². The van der Waals surface area contributed by atoms with E-state index in [0.717, 1.165) is 4.90 Å². The summed E-state index contributed by atoms with van der Waals surface area (Å²) in [7, 11) is 1.46. The minimum Gasteiger partial charge on any atom is -0.496 e. The van der Waals surface area contributed by atoms with Crippen LogP contribution in [0.25, 0.3) is 0 Å². The summed E-state index contributed by atoms with van der Waals surface area (Å²) in [6.45, 7) is -0.104. The van der Waals surface area contributed by atoms with E-state index in [1.807, 2.05) is 36.4 Å². The minimum atomic E-state index is -1.35. The number of carbonyl (C=O) groups is 2. The summed E-state index contributed by atoms with van der Waals surface area (Å²) in [5.74, 6) is -0.486. The van der Waals surface area contributed by atoms with E-state index in [0.29, 0.717) is 22.4 Å². The lowest BCUT2D eigenvalue weighted by Crippen LogP contribution is -2.45. The average Bonchev–Trinajstić information content (AvgIpc) is 3.01. The molecule has 0 saturated carbocycles. The van der Waals surface area contributed by atoms with Gasteiger partial charge >= 0.3 is 6.03 Å². The normalized spacial score (nSPS) is 15.3. The largest absolute Gasteiger partial charge is 0.496 e. The van der Waals surface area contributed by atoms with Gasteiger partial charge in [0.05, 0.1) is 13.7 Å². The Bertz CT molecular complexity index is 1010. The molecule has 3 aromatic rings. The number of amides is 3. The number of imide groups is 1. The Labute approximate surface area is 167 Å². The number of ether oxygens (including phenoxy) is 1. The number of benzene rings is 3. The Balaban J connectivity index is 1.80. The molecule has 3 amide bonds. The molecule has 0 aliphatic carbocycles. The van der Waals surface area contributed by atoms with Gasteiger partial charge in [0.2, 0.25) is 0 Å². The zero-order valence-corrected chi connectivity index (χ0v) is 15.8. The maximum absolute atomic E-state index is 13.8. The summed E-state index contributed by atoms with van der Waals surface area (Å²) in [5, 5.41) is 2.88. The average molecular weight is 390 g/mol. The first kappa shape index (κ1) is 18.7. The molecule has 146 valence electrons. The molecule has 1 aliphatic rings. The third-order valence-corrected chi connectivity index (χ3v) is 5.09. The number of hydrogen-bond acceptors (Lipinski definition) is 3. The zero-order chi connectivity index (χ0) is 20.4. The highest BCUT2D eigenvalue weighted by molar-refractivity contribution is 6.09. The van der Waals surface area contributed by atoms with Crippen molar-refractivity contribution in [3.63, 3.8) is 0 Å². The van der Waals surface area contributed by atoms with Gasteiger partial charge in [-0.3, -0.25) is 9.69 Å². The molecule has 1 saturated heterocycles. The first-order chi connectivity index (χ1) is 14.1. The molecule has 0 spiro atoms. The van der Waals surface area contributed by atoms with Gasteiger partial charge < -0.3 is 10.1 Å². The molecule has 1 heterocycles. The van der Waals surface area contributed by atoms with Crippen LogP contribution in [0.15, 0.2) is 78.9 Å². The number of methoxy groups -OCH3 is 1. The van der Waals surface area contributed by atoms with Crippen LogP contribution in [0, 0.1) is 5.82 Å². The van der Waals surface area contributed by atoms with Crippen LogP contribution in [0.4, 0.5) is 9.18 Å². The van der Waals surface area contributed by atoms with Crippen molar-refractivity contribution < 1.29 is 18.7 Å². The number of nitrogens with zero attached hydrogens (tertiary/aromatic N) is 1. The number of nitrogens with one attached hydrogen (secondary N) is 1. The third-order valence-electron chi connectivity index (χ3n) is 5.09. The van der Waals surface area contributed by atoms with E-state index in [9.17, 15) is 14.0 Å². The fourth-order valence-corrected chi connectivity index (χ4v) is 3.69. The summed E-state index contributed by atoms with van der Waals surface area (Å²) in [4.78, 5) is 27.6. The van der Waals surface area contributed by atoms with Crippen LogP contribution >= 0.6 is 0 Å². The van der Waals surface area contributed by atoms with E-state index in [1.165, 1.54) is 25.3 Å². The second-order valence-electron chi connectivity index (χ2n) is 6.76. The van der Waals surface area contributed by atoms with Crippen LogP contribution < -0.4 is 10.1 Å². The van der Waals surface area contributed by atoms with Crippen LogP contribution in [-0.4, -0.2) is 23.9 Å². The lowest BCUT2D eigenvalue weighted by Gasteiger charge is -2.28. The predicted octanol–water partition coefficient (Wildman–Crippen LogP) is 3.83. The van der Waals surface area contributed by atoms with Crippen LogP contribution in [0.3, 0.4) is 0 Å². The molecule has 29 heavy (non-hydrogen) atoms. The molecule has 3 aromatic carbocycles. The second-order valence-corrected chi connectivity index (χ2v) is 6.76. The van der Waals surface area contributed by atoms with Gasteiger partial charge in [0.15, 0.2) is 5.54 Å². The first-order valence-corrected chi connectivity index (χ1v) is 9.14. The van der Waals surface area contributed by atoms with Crippen molar-refractivity contribution >= 4 is 11.9 Å². The molecule has 0 bridgehead atoms. The molecule has 6 heteroatoms. The molecule has 0 unspecified atom stereocenters. The highest BCUT2D eigenvalue weighted by Crippen LogP contribution is 2.37. The Kier molecular flexibility index (Phi) is 4.76. The van der Waals surface area contributed by atoms with E-state index in [2.05, 4.69) is 5.32 Å². The van der Waals surface area contributed by atoms with E-state index in [-0.39, 0.29) is 6.54 Å².